The van der Waals surface area contributed by atoms with Crippen LogP contribution in [0.25, 0.3) is 0 Å². The van der Waals surface area contributed by atoms with E-state index in [1.807, 2.05) is 12.1 Å². The Hall–Kier alpha value is -1.72. The van der Waals surface area contributed by atoms with Crippen LogP contribution in [-0.4, -0.2) is 40.7 Å². The fourth-order valence-corrected chi connectivity index (χ4v) is 2.19. The first kappa shape index (κ1) is 18.3. The summed E-state index contributed by atoms with van der Waals surface area (Å²) in [5.74, 6) is -1.05. The van der Waals surface area contributed by atoms with E-state index in [1.54, 1.807) is 12.1 Å². The smallest absolute Gasteiger partial charge is 0.251 e. The van der Waals surface area contributed by atoms with E-state index >= 15 is 0 Å². The van der Waals surface area contributed by atoms with Gasteiger partial charge in [-0.1, -0.05) is 31.9 Å². The molecule has 0 radical (unpaired) electrons. The minimum absolute atomic E-state index is 0.427. The van der Waals surface area contributed by atoms with E-state index in [1.165, 1.54) is 25.3 Å². The quantitative estimate of drug-likeness (QED) is 0.603. The van der Waals surface area contributed by atoms with E-state index in [9.17, 15) is 14.7 Å². The van der Waals surface area contributed by atoms with Crippen LogP contribution in [-0.2, 0) is 11.2 Å². The molecule has 0 aliphatic heterocycles. The molecule has 0 spiro atoms. The maximum atomic E-state index is 12.1. The predicted octanol–water partition coefficient (Wildman–Crippen LogP) is 1.46. The minimum Gasteiger partial charge on any atom is -0.391 e. The number of carbonyl (C=O) groups excluding carboxylic acids is 2. The minimum atomic E-state index is -1.10. The molecule has 5 nitrogen and oxygen atoms in total. The number of unbranched alkanes of at least 4 members (excludes halogenated alkanes) is 2. The van der Waals surface area contributed by atoms with E-state index < -0.39 is 30.4 Å². The Morgan fingerprint density at radius 1 is 1.18 bits per heavy atom. The van der Waals surface area contributed by atoms with Crippen LogP contribution in [0.5, 0.6) is 0 Å². The first-order chi connectivity index (χ1) is 10.5. The van der Waals surface area contributed by atoms with Gasteiger partial charge in [0.25, 0.3) is 5.91 Å². The Bertz CT molecular complexity index is 482. The highest BCUT2D eigenvalue weighted by Crippen LogP contribution is 2.09. The lowest BCUT2D eigenvalue weighted by atomic mass is 10.0. The molecule has 1 aromatic rings. The lowest BCUT2D eigenvalue weighted by Gasteiger charge is -2.19. The number of nitrogens with one attached hydrogen (secondary N) is 1. The van der Waals surface area contributed by atoms with Gasteiger partial charge in [0.1, 0.15) is 12.6 Å². The number of hydrogen-bond acceptors (Lipinski definition) is 4. The average molecular weight is 307 g/mol. The van der Waals surface area contributed by atoms with Crippen molar-refractivity contribution < 1.29 is 19.8 Å². The van der Waals surface area contributed by atoms with Crippen molar-refractivity contribution >= 4 is 11.7 Å². The summed E-state index contributed by atoms with van der Waals surface area (Å²) in [6, 6.07) is 6.12. The maximum absolute atomic E-state index is 12.1. The van der Waals surface area contributed by atoms with Gasteiger partial charge < -0.3 is 15.5 Å². The fourth-order valence-electron chi connectivity index (χ4n) is 2.19. The second-order valence-electron chi connectivity index (χ2n) is 5.47. The van der Waals surface area contributed by atoms with Crippen molar-refractivity contribution in [3.05, 3.63) is 35.4 Å². The van der Waals surface area contributed by atoms with Gasteiger partial charge in [-0.2, -0.15) is 0 Å². The van der Waals surface area contributed by atoms with Crippen LogP contribution in [0.2, 0.25) is 0 Å². The second-order valence-corrected chi connectivity index (χ2v) is 5.47. The van der Waals surface area contributed by atoms with Gasteiger partial charge in [-0.25, -0.2) is 0 Å². The monoisotopic (exact) mass is 307 g/mol. The van der Waals surface area contributed by atoms with Crippen LogP contribution < -0.4 is 5.32 Å². The number of carbonyl (C=O) groups is 2. The lowest BCUT2D eigenvalue weighted by Crippen LogP contribution is -2.48. The van der Waals surface area contributed by atoms with Crippen LogP contribution in [0.15, 0.2) is 24.3 Å². The fraction of sp³-hybridized carbons (Fsp3) is 0.529. The van der Waals surface area contributed by atoms with Gasteiger partial charge in [-0.15, -0.1) is 0 Å². The summed E-state index contributed by atoms with van der Waals surface area (Å²) in [6.07, 6.45) is 3.39. The van der Waals surface area contributed by atoms with Crippen LogP contribution >= 0.6 is 0 Å². The Balaban J connectivity index is 2.66. The van der Waals surface area contributed by atoms with Crippen molar-refractivity contribution in [3.8, 4) is 0 Å². The average Bonchev–Trinajstić information content (AvgIpc) is 2.52. The molecular weight excluding hydrogens is 282 g/mol. The molecule has 1 aromatic carbocycles. The van der Waals surface area contributed by atoms with Crippen molar-refractivity contribution in [3.63, 3.8) is 0 Å². The molecule has 0 saturated carbocycles. The topological polar surface area (TPSA) is 86.6 Å². The molecule has 2 atom stereocenters. The summed E-state index contributed by atoms with van der Waals surface area (Å²) in [5.41, 5.74) is 1.60. The molecule has 1 rings (SSSR count). The largest absolute Gasteiger partial charge is 0.391 e. The summed E-state index contributed by atoms with van der Waals surface area (Å²) < 4.78 is 0. The summed E-state index contributed by atoms with van der Waals surface area (Å²) in [6.45, 7) is 2.83. The van der Waals surface area contributed by atoms with Crippen molar-refractivity contribution in [2.24, 2.45) is 0 Å². The number of amides is 1. The van der Waals surface area contributed by atoms with E-state index in [-0.39, 0.29) is 0 Å². The predicted molar refractivity (Wildman–Crippen MR) is 84.7 cm³/mol. The number of benzene rings is 1. The highest BCUT2D eigenvalue weighted by Gasteiger charge is 2.25. The normalized spacial score (nSPS) is 13.5. The number of ketones is 1. The molecule has 0 unspecified atom stereocenters. The SMILES string of the molecule is CCCCCc1ccc(C(=O)N[C@H](C(=O)CO)[C@@H](C)O)cc1. The molecule has 22 heavy (non-hydrogen) atoms. The van der Waals surface area contributed by atoms with Gasteiger partial charge in [-0.05, 0) is 37.5 Å². The van der Waals surface area contributed by atoms with Gasteiger partial charge >= 0.3 is 0 Å². The maximum Gasteiger partial charge on any atom is 0.251 e. The summed E-state index contributed by atoms with van der Waals surface area (Å²) in [4.78, 5) is 23.6. The molecule has 0 saturated heterocycles. The number of Topliss-reactive ketones (excluding diaryl/α,β-unsaturated/α-hetero) is 1. The standard InChI is InChI=1S/C17H25NO4/c1-3-4-5-6-13-7-9-14(10-8-13)17(22)18-16(12(2)20)15(21)11-19/h7-10,12,16,19-20H,3-6,11H2,1-2H3,(H,18,22)/t12-,16+/m1/s1. The van der Waals surface area contributed by atoms with Crippen LogP contribution in [0.3, 0.4) is 0 Å². The van der Waals surface area contributed by atoms with Gasteiger partial charge in [-0.3, -0.25) is 9.59 Å². The molecule has 5 heteroatoms. The number of aliphatic hydroxyl groups is 2. The summed E-state index contributed by atoms with van der Waals surface area (Å²) in [7, 11) is 0. The van der Waals surface area contributed by atoms with Crippen LogP contribution in [0.1, 0.15) is 49.0 Å². The second kappa shape index (κ2) is 9.33. The third-order valence-electron chi connectivity index (χ3n) is 3.56. The zero-order valence-electron chi connectivity index (χ0n) is 13.2. The van der Waals surface area contributed by atoms with E-state index in [0.29, 0.717) is 5.56 Å². The van der Waals surface area contributed by atoms with Crippen LogP contribution in [0.4, 0.5) is 0 Å². The van der Waals surface area contributed by atoms with Gasteiger partial charge in [0.15, 0.2) is 5.78 Å². The molecule has 1 amide bonds. The van der Waals surface area contributed by atoms with Gasteiger partial charge in [0.2, 0.25) is 0 Å². The zero-order valence-corrected chi connectivity index (χ0v) is 13.2. The number of hydrogen-bond donors (Lipinski definition) is 3. The Kier molecular flexibility index (Phi) is 7.77. The number of aliphatic hydroxyl groups excluding tert-OH is 2. The number of rotatable bonds is 9. The Morgan fingerprint density at radius 3 is 2.32 bits per heavy atom. The van der Waals surface area contributed by atoms with Gasteiger partial charge in [0, 0.05) is 5.56 Å². The summed E-state index contributed by atoms with van der Waals surface area (Å²) >= 11 is 0. The molecule has 3 N–H and O–H groups in total. The molecule has 122 valence electrons. The van der Waals surface area contributed by atoms with Crippen molar-refractivity contribution in [1.29, 1.82) is 0 Å². The van der Waals surface area contributed by atoms with Crippen molar-refractivity contribution in [2.45, 2.75) is 51.7 Å². The molecule has 0 bridgehead atoms. The zero-order chi connectivity index (χ0) is 16.5. The van der Waals surface area contributed by atoms with Crippen LogP contribution in [0, 0.1) is 0 Å². The highest BCUT2D eigenvalue weighted by molar-refractivity contribution is 5.98. The third kappa shape index (κ3) is 5.58. The molecule has 0 aromatic heterocycles. The molecule has 0 aliphatic carbocycles. The summed E-state index contributed by atoms with van der Waals surface area (Å²) in [5, 5.41) is 20.8. The molecular formula is C17H25NO4. The van der Waals surface area contributed by atoms with Gasteiger partial charge in [0.05, 0.1) is 6.10 Å². The molecule has 0 heterocycles. The molecule has 0 aliphatic rings. The Labute approximate surface area is 131 Å². The van der Waals surface area contributed by atoms with E-state index in [2.05, 4.69) is 12.2 Å². The van der Waals surface area contributed by atoms with E-state index in [0.717, 1.165) is 12.8 Å². The third-order valence-corrected chi connectivity index (χ3v) is 3.56. The first-order valence-electron chi connectivity index (χ1n) is 7.71. The lowest BCUT2D eigenvalue weighted by molar-refractivity contribution is -0.125. The Morgan fingerprint density at radius 2 is 1.82 bits per heavy atom. The first-order valence-corrected chi connectivity index (χ1v) is 7.71. The number of aryl methyl sites for hydroxylation is 1. The van der Waals surface area contributed by atoms with Crippen molar-refractivity contribution in [2.75, 3.05) is 6.61 Å². The van der Waals surface area contributed by atoms with Crippen molar-refractivity contribution in [1.82, 2.24) is 5.32 Å². The highest BCUT2D eigenvalue weighted by atomic mass is 16.3. The van der Waals surface area contributed by atoms with E-state index in [4.69, 9.17) is 5.11 Å². The molecule has 0 fully saturated rings.